The Kier molecular flexibility index (Phi) is 2.47. The van der Waals surface area contributed by atoms with E-state index in [4.69, 9.17) is 9.52 Å². The maximum absolute atomic E-state index is 8.86. The van der Waals surface area contributed by atoms with E-state index in [1.165, 1.54) is 6.39 Å². The molecule has 4 heteroatoms. The van der Waals surface area contributed by atoms with Gasteiger partial charge in [0.2, 0.25) is 0 Å². The molecule has 0 bridgehead atoms. The van der Waals surface area contributed by atoms with E-state index >= 15 is 0 Å². The molecule has 2 aromatic rings. The smallest absolute Gasteiger partial charge is 0.181 e. The van der Waals surface area contributed by atoms with Crippen LogP contribution in [0.15, 0.2) is 29.0 Å². The van der Waals surface area contributed by atoms with Gasteiger partial charge in [0.1, 0.15) is 5.52 Å². The van der Waals surface area contributed by atoms with E-state index in [-0.39, 0.29) is 6.73 Å². The zero-order valence-electron chi connectivity index (χ0n) is 7.97. The van der Waals surface area contributed by atoms with Crippen LogP contribution in [0.4, 0.5) is 0 Å². The Morgan fingerprint density at radius 1 is 1.50 bits per heavy atom. The monoisotopic (exact) mass is 192 g/mol. The molecule has 1 N–H and O–H groups in total. The number of rotatable bonds is 3. The summed E-state index contributed by atoms with van der Waals surface area (Å²) < 4.78 is 5.18. The lowest BCUT2D eigenvalue weighted by Crippen LogP contribution is -2.18. The molecule has 0 atom stereocenters. The van der Waals surface area contributed by atoms with E-state index in [0.29, 0.717) is 6.54 Å². The van der Waals surface area contributed by atoms with Gasteiger partial charge in [-0.3, -0.25) is 4.90 Å². The van der Waals surface area contributed by atoms with Crippen LogP contribution in [0.1, 0.15) is 5.56 Å². The molecule has 74 valence electrons. The van der Waals surface area contributed by atoms with Gasteiger partial charge >= 0.3 is 0 Å². The summed E-state index contributed by atoms with van der Waals surface area (Å²) in [5.41, 5.74) is 2.75. The second-order valence-corrected chi connectivity index (χ2v) is 3.31. The third kappa shape index (κ3) is 1.76. The molecule has 1 aromatic heterocycles. The number of hydrogen-bond donors (Lipinski definition) is 1. The third-order valence-corrected chi connectivity index (χ3v) is 2.09. The third-order valence-electron chi connectivity index (χ3n) is 2.09. The molecule has 2 rings (SSSR count). The number of benzene rings is 1. The second kappa shape index (κ2) is 3.77. The molecular weight excluding hydrogens is 180 g/mol. The van der Waals surface area contributed by atoms with Gasteiger partial charge in [0.25, 0.3) is 0 Å². The van der Waals surface area contributed by atoms with Crippen molar-refractivity contribution in [3.63, 3.8) is 0 Å². The highest BCUT2D eigenvalue weighted by Gasteiger charge is 2.02. The van der Waals surface area contributed by atoms with Crippen molar-refractivity contribution >= 4 is 11.1 Å². The summed E-state index contributed by atoms with van der Waals surface area (Å²) in [7, 11) is 1.85. The van der Waals surface area contributed by atoms with Crippen molar-refractivity contribution < 1.29 is 9.52 Å². The van der Waals surface area contributed by atoms with Crippen molar-refractivity contribution in [1.82, 2.24) is 9.88 Å². The van der Waals surface area contributed by atoms with Crippen molar-refractivity contribution in [2.24, 2.45) is 0 Å². The summed E-state index contributed by atoms with van der Waals surface area (Å²) in [4.78, 5) is 5.83. The van der Waals surface area contributed by atoms with Crippen LogP contribution in [-0.2, 0) is 6.54 Å². The van der Waals surface area contributed by atoms with Gasteiger partial charge in [-0.1, -0.05) is 6.07 Å². The zero-order valence-corrected chi connectivity index (χ0v) is 7.97. The molecule has 0 amide bonds. The maximum Gasteiger partial charge on any atom is 0.181 e. The normalized spacial score (nSPS) is 11.4. The Morgan fingerprint density at radius 2 is 2.36 bits per heavy atom. The number of aliphatic hydroxyl groups excluding tert-OH is 1. The SMILES string of the molecule is CN(CO)Cc1ccc2ncoc2c1. The number of aliphatic hydroxyl groups is 1. The van der Waals surface area contributed by atoms with Gasteiger partial charge in [0, 0.05) is 6.54 Å². The first-order valence-electron chi connectivity index (χ1n) is 4.41. The second-order valence-electron chi connectivity index (χ2n) is 3.31. The molecule has 0 aliphatic carbocycles. The topological polar surface area (TPSA) is 49.5 Å². The van der Waals surface area contributed by atoms with Gasteiger partial charge in [0.15, 0.2) is 12.0 Å². The molecule has 1 aromatic carbocycles. The molecule has 0 spiro atoms. The maximum atomic E-state index is 8.86. The van der Waals surface area contributed by atoms with Crippen LogP contribution in [0.5, 0.6) is 0 Å². The zero-order chi connectivity index (χ0) is 9.97. The van der Waals surface area contributed by atoms with Crippen molar-refractivity contribution in [3.8, 4) is 0 Å². The highest BCUT2D eigenvalue weighted by molar-refractivity contribution is 5.72. The largest absolute Gasteiger partial charge is 0.443 e. The van der Waals surface area contributed by atoms with E-state index in [1.807, 2.05) is 25.2 Å². The van der Waals surface area contributed by atoms with E-state index in [9.17, 15) is 0 Å². The van der Waals surface area contributed by atoms with Crippen LogP contribution >= 0.6 is 0 Å². The first kappa shape index (κ1) is 9.18. The minimum Gasteiger partial charge on any atom is -0.443 e. The predicted octanol–water partition coefficient (Wildman–Crippen LogP) is 1.21. The van der Waals surface area contributed by atoms with Gasteiger partial charge in [-0.15, -0.1) is 0 Å². The average molecular weight is 192 g/mol. The van der Waals surface area contributed by atoms with Gasteiger partial charge in [-0.25, -0.2) is 4.98 Å². The fourth-order valence-corrected chi connectivity index (χ4v) is 1.36. The summed E-state index contributed by atoms with van der Waals surface area (Å²) in [6, 6.07) is 5.84. The fourth-order valence-electron chi connectivity index (χ4n) is 1.36. The Morgan fingerprint density at radius 3 is 3.14 bits per heavy atom. The van der Waals surface area contributed by atoms with Crippen LogP contribution in [-0.4, -0.2) is 28.8 Å². The van der Waals surface area contributed by atoms with Crippen molar-refractivity contribution in [2.45, 2.75) is 6.54 Å². The van der Waals surface area contributed by atoms with Crippen LogP contribution in [0.2, 0.25) is 0 Å². The van der Waals surface area contributed by atoms with Gasteiger partial charge in [-0.2, -0.15) is 0 Å². The lowest BCUT2D eigenvalue weighted by atomic mass is 10.2. The number of fused-ring (bicyclic) bond motifs is 1. The first-order chi connectivity index (χ1) is 6.79. The highest BCUT2D eigenvalue weighted by Crippen LogP contribution is 2.14. The molecule has 0 saturated carbocycles. The number of aromatic nitrogens is 1. The van der Waals surface area contributed by atoms with Gasteiger partial charge in [-0.05, 0) is 24.7 Å². The van der Waals surface area contributed by atoms with Crippen LogP contribution < -0.4 is 0 Å². The predicted molar refractivity (Wildman–Crippen MR) is 52.6 cm³/mol. The Labute approximate surface area is 81.8 Å². The van der Waals surface area contributed by atoms with E-state index in [1.54, 1.807) is 4.90 Å². The molecule has 0 aliphatic heterocycles. The minimum absolute atomic E-state index is 0.0500. The summed E-state index contributed by atoms with van der Waals surface area (Å²) in [5.74, 6) is 0. The summed E-state index contributed by atoms with van der Waals surface area (Å²) in [5, 5.41) is 8.86. The lowest BCUT2D eigenvalue weighted by molar-refractivity contribution is 0.127. The molecule has 14 heavy (non-hydrogen) atoms. The van der Waals surface area contributed by atoms with Gasteiger partial charge < -0.3 is 9.52 Å². The molecule has 0 aliphatic rings. The Hall–Kier alpha value is -1.39. The van der Waals surface area contributed by atoms with Crippen molar-refractivity contribution in [2.75, 3.05) is 13.8 Å². The quantitative estimate of drug-likeness (QED) is 0.742. The van der Waals surface area contributed by atoms with Crippen molar-refractivity contribution in [3.05, 3.63) is 30.2 Å². The van der Waals surface area contributed by atoms with Crippen LogP contribution in [0, 0.1) is 0 Å². The standard InChI is InChI=1S/C10H12N2O2/c1-12(7-13)5-8-2-3-9-10(4-8)14-6-11-9/h2-4,6,13H,5,7H2,1H3. The molecule has 0 fully saturated rings. The van der Waals surface area contributed by atoms with E-state index in [0.717, 1.165) is 16.7 Å². The first-order valence-corrected chi connectivity index (χ1v) is 4.41. The summed E-state index contributed by atoms with van der Waals surface area (Å²) >= 11 is 0. The number of nitrogens with zero attached hydrogens (tertiary/aromatic N) is 2. The van der Waals surface area contributed by atoms with E-state index < -0.39 is 0 Å². The minimum atomic E-state index is 0.0500. The number of hydrogen-bond acceptors (Lipinski definition) is 4. The average Bonchev–Trinajstić information content (AvgIpc) is 2.64. The molecular formula is C10H12N2O2. The molecule has 1 heterocycles. The summed E-state index contributed by atoms with van der Waals surface area (Å²) in [6.07, 6.45) is 1.43. The Bertz CT molecular complexity index is 425. The lowest BCUT2D eigenvalue weighted by Gasteiger charge is -2.12. The molecule has 4 nitrogen and oxygen atoms in total. The highest BCUT2D eigenvalue weighted by atomic mass is 16.3. The summed E-state index contributed by atoms with van der Waals surface area (Å²) in [6.45, 7) is 0.752. The molecule has 0 radical (unpaired) electrons. The van der Waals surface area contributed by atoms with Crippen molar-refractivity contribution in [1.29, 1.82) is 0 Å². The van der Waals surface area contributed by atoms with Crippen LogP contribution in [0.3, 0.4) is 0 Å². The number of oxazole rings is 1. The van der Waals surface area contributed by atoms with E-state index in [2.05, 4.69) is 4.98 Å². The van der Waals surface area contributed by atoms with Gasteiger partial charge in [0.05, 0.1) is 6.73 Å². The Balaban J connectivity index is 2.25. The molecule has 0 unspecified atom stereocenters. The fraction of sp³-hybridized carbons (Fsp3) is 0.300. The van der Waals surface area contributed by atoms with Crippen LogP contribution in [0.25, 0.3) is 11.1 Å². The molecule has 0 saturated heterocycles.